The number of nitrogens with zero attached hydrogens (tertiary/aromatic N) is 1. The van der Waals surface area contributed by atoms with E-state index in [0.717, 1.165) is 16.3 Å². The second-order valence-corrected chi connectivity index (χ2v) is 3.61. The molecule has 78 valence electrons. The van der Waals surface area contributed by atoms with Crippen molar-refractivity contribution < 1.29 is 4.84 Å². The molecule has 0 fully saturated rings. The Balaban J connectivity index is 2.83. The zero-order valence-corrected chi connectivity index (χ0v) is 9.43. The highest BCUT2D eigenvalue weighted by atomic mass is 35.5. The second kappa shape index (κ2) is 5.20. The standard InChI is InChI=1S/C10H15ClN2O/c1-13(2)10-6-8(7-12-14-3)4-5-9(10)11/h4-6,12H,7H2,1-3H3. The molecule has 0 heterocycles. The number of halogens is 1. The van der Waals surface area contributed by atoms with Crippen molar-refractivity contribution in [1.29, 1.82) is 0 Å². The maximum atomic E-state index is 6.03. The Morgan fingerprint density at radius 3 is 2.71 bits per heavy atom. The van der Waals surface area contributed by atoms with E-state index in [-0.39, 0.29) is 0 Å². The van der Waals surface area contributed by atoms with Gasteiger partial charge in [0.1, 0.15) is 0 Å². The molecule has 1 aromatic carbocycles. The fourth-order valence-corrected chi connectivity index (χ4v) is 1.45. The van der Waals surface area contributed by atoms with Gasteiger partial charge in [-0.25, -0.2) is 0 Å². The van der Waals surface area contributed by atoms with Crippen LogP contribution in [0.15, 0.2) is 18.2 Å². The van der Waals surface area contributed by atoms with Crippen LogP contribution in [0.1, 0.15) is 5.56 Å². The number of nitrogens with one attached hydrogen (secondary N) is 1. The van der Waals surface area contributed by atoms with E-state index in [1.807, 2.05) is 37.2 Å². The molecule has 3 nitrogen and oxygen atoms in total. The Kier molecular flexibility index (Phi) is 4.20. The van der Waals surface area contributed by atoms with Gasteiger partial charge >= 0.3 is 0 Å². The molecule has 1 aromatic rings. The van der Waals surface area contributed by atoms with Gasteiger partial charge in [-0.2, -0.15) is 5.48 Å². The van der Waals surface area contributed by atoms with Gasteiger partial charge in [0.15, 0.2) is 0 Å². The third kappa shape index (κ3) is 2.87. The molecule has 0 amide bonds. The molecule has 0 unspecified atom stereocenters. The average Bonchev–Trinajstić information content (AvgIpc) is 2.16. The van der Waals surface area contributed by atoms with Crippen molar-refractivity contribution in [3.63, 3.8) is 0 Å². The third-order valence-corrected chi connectivity index (χ3v) is 2.23. The summed E-state index contributed by atoms with van der Waals surface area (Å²) in [6, 6.07) is 5.90. The zero-order chi connectivity index (χ0) is 10.6. The predicted molar refractivity (Wildman–Crippen MR) is 59.6 cm³/mol. The van der Waals surface area contributed by atoms with Gasteiger partial charge in [-0.05, 0) is 17.7 Å². The fraction of sp³-hybridized carbons (Fsp3) is 0.400. The molecule has 0 aliphatic rings. The van der Waals surface area contributed by atoms with Crippen LogP contribution in [0.5, 0.6) is 0 Å². The number of hydrogen-bond donors (Lipinski definition) is 1. The lowest BCUT2D eigenvalue weighted by Gasteiger charge is -2.15. The first kappa shape index (κ1) is 11.3. The lowest BCUT2D eigenvalue weighted by Crippen LogP contribution is -2.13. The lowest BCUT2D eigenvalue weighted by molar-refractivity contribution is 0.0867. The van der Waals surface area contributed by atoms with Crippen molar-refractivity contribution in [2.45, 2.75) is 6.54 Å². The molecule has 0 aliphatic carbocycles. The number of rotatable bonds is 4. The van der Waals surface area contributed by atoms with Gasteiger partial charge in [0.2, 0.25) is 0 Å². The molecule has 1 rings (SSSR count). The summed E-state index contributed by atoms with van der Waals surface area (Å²) in [4.78, 5) is 6.76. The largest absolute Gasteiger partial charge is 0.376 e. The number of benzene rings is 1. The molecule has 0 atom stereocenters. The van der Waals surface area contributed by atoms with E-state index in [1.54, 1.807) is 7.11 Å². The molecular formula is C10H15ClN2O. The summed E-state index contributed by atoms with van der Waals surface area (Å²) in [5.74, 6) is 0. The van der Waals surface area contributed by atoms with E-state index >= 15 is 0 Å². The van der Waals surface area contributed by atoms with Crippen LogP contribution >= 0.6 is 11.6 Å². The normalized spacial score (nSPS) is 10.3. The smallest absolute Gasteiger partial charge is 0.0639 e. The average molecular weight is 215 g/mol. The van der Waals surface area contributed by atoms with Gasteiger partial charge in [0, 0.05) is 20.6 Å². The van der Waals surface area contributed by atoms with Crippen LogP contribution in [-0.4, -0.2) is 21.2 Å². The Hall–Kier alpha value is -0.770. The summed E-state index contributed by atoms with van der Waals surface area (Å²) in [5, 5.41) is 0.760. The van der Waals surface area contributed by atoms with Crippen LogP contribution in [0, 0.1) is 0 Å². The van der Waals surface area contributed by atoms with Crippen molar-refractivity contribution in [2.24, 2.45) is 0 Å². The molecule has 0 saturated carbocycles. The molecule has 14 heavy (non-hydrogen) atoms. The minimum Gasteiger partial charge on any atom is -0.376 e. The highest BCUT2D eigenvalue weighted by Gasteiger charge is 2.03. The number of hydrogen-bond acceptors (Lipinski definition) is 3. The summed E-state index contributed by atoms with van der Waals surface area (Å²) in [6.07, 6.45) is 0. The van der Waals surface area contributed by atoms with Crippen LogP contribution in [-0.2, 0) is 11.4 Å². The van der Waals surface area contributed by atoms with Crippen LogP contribution < -0.4 is 10.4 Å². The minimum atomic E-state index is 0.675. The zero-order valence-electron chi connectivity index (χ0n) is 8.67. The Morgan fingerprint density at radius 2 is 2.14 bits per heavy atom. The Labute approximate surface area is 89.6 Å². The molecule has 0 bridgehead atoms. The fourth-order valence-electron chi connectivity index (χ4n) is 1.17. The van der Waals surface area contributed by atoms with Gasteiger partial charge in [-0.15, -0.1) is 0 Å². The molecule has 0 spiro atoms. The maximum absolute atomic E-state index is 6.03. The van der Waals surface area contributed by atoms with Crippen LogP contribution in [0.3, 0.4) is 0 Å². The number of hydroxylamine groups is 1. The van der Waals surface area contributed by atoms with Crippen LogP contribution in [0.4, 0.5) is 5.69 Å². The summed E-state index contributed by atoms with van der Waals surface area (Å²) < 4.78 is 0. The Morgan fingerprint density at radius 1 is 1.43 bits per heavy atom. The molecular weight excluding hydrogens is 200 g/mol. The topological polar surface area (TPSA) is 24.5 Å². The SMILES string of the molecule is CONCc1ccc(Cl)c(N(C)C)c1. The van der Waals surface area contributed by atoms with Crippen molar-refractivity contribution in [2.75, 3.05) is 26.1 Å². The summed E-state index contributed by atoms with van der Waals surface area (Å²) in [7, 11) is 5.53. The summed E-state index contributed by atoms with van der Waals surface area (Å²) >= 11 is 6.03. The predicted octanol–water partition coefficient (Wildman–Crippen LogP) is 2.06. The van der Waals surface area contributed by atoms with E-state index < -0.39 is 0 Å². The van der Waals surface area contributed by atoms with E-state index in [9.17, 15) is 0 Å². The van der Waals surface area contributed by atoms with Crippen LogP contribution in [0.25, 0.3) is 0 Å². The molecule has 0 radical (unpaired) electrons. The highest BCUT2D eigenvalue weighted by Crippen LogP contribution is 2.25. The van der Waals surface area contributed by atoms with E-state index in [1.165, 1.54) is 0 Å². The molecule has 0 aliphatic heterocycles. The first-order valence-electron chi connectivity index (χ1n) is 4.36. The van der Waals surface area contributed by atoms with Crippen molar-refractivity contribution in [1.82, 2.24) is 5.48 Å². The van der Waals surface area contributed by atoms with Crippen molar-refractivity contribution >= 4 is 17.3 Å². The maximum Gasteiger partial charge on any atom is 0.0639 e. The lowest BCUT2D eigenvalue weighted by atomic mass is 10.2. The first-order valence-corrected chi connectivity index (χ1v) is 4.74. The second-order valence-electron chi connectivity index (χ2n) is 3.21. The van der Waals surface area contributed by atoms with Gasteiger partial charge in [0.25, 0.3) is 0 Å². The highest BCUT2D eigenvalue weighted by molar-refractivity contribution is 6.33. The van der Waals surface area contributed by atoms with Crippen molar-refractivity contribution in [3.05, 3.63) is 28.8 Å². The van der Waals surface area contributed by atoms with Gasteiger partial charge in [0.05, 0.1) is 17.8 Å². The monoisotopic (exact) mass is 214 g/mol. The van der Waals surface area contributed by atoms with Gasteiger partial charge in [-0.1, -0.05) is 17.7 Å². The quantitative estimate of drug-likeness (QED) is 0.777. The first-order chi connectivity index (χ1) is 6.65. The third-order valence-electron chi connectivity index (χ3n) is 1.91. The number of anilines is 1. The molecule has 4 heteroatoms. The Bertz CT molecular complexity index is 302. The van der Waals surface area contributed by atoms with Crippen LogP contribution in [0.2, 0.25) is 5.02 Å². The summed E-state index contributed by atoms with van der Waals surface area (Å²) in [5.41, 5.74) is 4.94. The van der Waals surface area contributed by atoms with E-state index in [0.29, 0.717) is 6.54 Å². The van der Waals surface area contributed by atoms with Gasteiger partial charge < -0.3 is 9.74 Å². The molecule has 0 saturated heterocycles. The van der Waals surface area contributed by atoms with Crippen molar-refractivity contribution in [3.8, 4) is 0 Å². The summed E-state index contributed by atoms with van der Waals surface area (Å²) in [6.45, 7) is 0.675. The van der Waals surface area contributed by atoms with Gasteiger partial charge in [-0.3, -0.25) is 0 Å². The van der Waals surface area contributed by atoms with E-state index in [4.69, 9.17) is 16.4 Å². The molecule has 0 aromatic heterocycles. The van der Waals surface area contributed by atoms with E-state index in [2.05, 4.69) is 5.48 Å². The minimum absolute atomic E-state index is 0.675. The molecule has 1 N–H and O–H groups in total.